The fraction of sp³-hybridized carbons (Fsp3) is 0.304. The number of esters is 1. The first kappa shape index (κ1) is 25.4. The second-order valence-corrected chi connectivity index (χ2v) is 7.98. The van der Waals surface area contributed by atoms with Gasteiger partial charge in [0.15, 0.2) is 5.75 Å². The molecule has 0 fully saturated rings. The van der Waals surface area contributed by atoms with Gasteiger partial charge in [-0.15, -0.1) is 0 Å². The topological polar surface area (TPSA) is 88.1 Å². The van der Waals surface area contributed by atoms with Crippen molar-refractivity contribution in [3.63, 3.8) is 0 Å². The lowest BCUT2D eigenvalue weighted by Crippen LogP contribution is -2.31. The Hall–Kier alpha value is -3.24. The molecule has 0 saturated carbocycles. The fourth-order valence-corrected chi connectivity index (χ4v) is 3.58. The third-order valence-electron chi connectivity index (χ3n) is 5.16. The van der Waals surface area contributed by atoms with Crippen molar-refractivity contribution in [2.24, 2.45) is 0 Å². The molecule has 0 unspecified atom stereocenters. The lowest BCUT2D eigenvalue weighted by molar-refractivity contribution is -0.138. The Morgan fingerprint density at radius 1 is 1.21 bits per heavy atom. The van der Waals surface area contributed by atoms with E-state index in [4.69, 9.17) is 21.1 Å². The summed E-state index contributed by atoms with van der Waals surface area (Å²) in [5.74, 6) is -1.19. The highest BCUT2D eigenvalue weighted by atomic mass is 35.5. The number of benzene rings is 2. The number of amides is 1. The second kappa shape index (κ2) is 9.94. The van der Waals surface area contributed by atoms with Gasteiger partial charge < -0.3 is 24.8 Å². The molecule has 1 aliphatic rings. The lowest BCUT2D eigenvalue weighted by Gasteiger charge is -2.18. The maximum Gasteiger partial charge on any atom is 0.416 e. The smallest absolute Gasteiger partial charge is 0.416 e. The second-order valence-electron chi connectivity index (χ2n) is 7.60. The number of nitrogens with zero attached hydrogens (tertiary/aromatic N) is 1. The summed E-state index contributed by atoms with van der Waals surface area (Å²) >= 11 is 6.18. The highest BCUT2D eigenvalue weighted by Gasteiger charge is 2.36. The Morgan fingerprint density at radius 3 is 2.41 bits per heavy atom. The first-order valence-corrected chi connectivity index (χ1v) is 10.5. The van der Waals surface area contributed by atoms with Gasteiger partial charge >= 0.3 is 12.1 Å². The summed E-state index contributed by atoms with van der Waals surface area (Å²) in [6.45, 7) is 2.92. The molecule has 34 heavy (non-hydrogen) atoms. The van der Waals surface area contributed by atoms with E-state index in [0.29, 0.717) is 21.9 Å². The molecule has 3 rings (SSSR count). The lowest BCUT2D eigenvalue weighted by atomic mass is 10.1. The number of hydrogen-bond donors (Lipinski definition) is 2. The van der Waals surface area contributed by atoms with Gasteiger partial charge in [-0.25, -0.2) is 4.79 Å². The third-order valence-corrected chi connectivity index (χ3v) is 5.75. The quantitative estimate of drug-likeness (QED) is 0.549. The Bertz CT molecular complexity index is 1140. The molecule has 182 valence electrons. The van der Waals surface area contributed by atoms with Crippen LogP contribution >= 0.6 is 11.6 Å². The summed E-state index contributed by atoms with van der Waals surface area (Å²) in [7, 11) is 1.12. The summed E-state index contributed by atoms with van der Waals surface area (Å²) < 4.78 is 50.8. The van der Waals surface area contributed by atoms with Gasteiger partial charge in [-0.2, -0.15) is 13.2 Å². The van der Waals surface area contributed by atoms with Crippen LogP contribution in [0.25, 0.3) is 0 Å². The van der Waals surface area contributed by atoms with Crippen LogP contribution in [0.2, 0.25) is 5.02 Å². The van der Waals surface area contributed by atoms with E-state index in [9.17, 15) is 27.9 Å². The number of aryl methyl sites for hydroxylation is 2. The molecular weight excluding hydrogens is 477 g/mol. The maximum atomic E-state index is 13.4. The van der Waals surface area contributed by atoms with Crippen LogP contribution in [0.3, 0.4) is 0 Å². The van der Waals surface area contributed by atoms with Crippen LogP contribution in [0.1, 0.15) is 16.7 Å². The van der Waals surface area contributed by atoms with E-state index in [0.717, 1.165) is 25.3 Å². The number of halogens is 4. The monoisotopic (exact) mass is 498 g/mol. The Morgan fingerprint density at radius 2 is 1.85 bits per heavy atom. The molecule has 0 aliphatic carbocycles. The predicted molar refractivity (Wildman–Crippen MR) is 119 cm³/mol. The predicted octanol–water partition coefficient (Wildman–Crippen LogP) is 4.44. The fourth-order valence-electron chi connectivity index (χ4n) is 3.47. The summed E-state index contributed by atoms with van der Waals surface area (Å²) in [5, 5.41) is 12.4. The van der Waals surface area contributed by atoms with E-state index >= 15 is 0 Å². The van der Waals surface area contributed by atoms with Crippen LogP contribution in [0.4, 0.5) is 18.9 Å². The summed E-state index contributed by atoms with van der Waals surface area (Å²) in [6, 6.07) is 6.00. The Balaban J connectivity index is 2.07. The van der Waals surface area contributed by atoms with Crippen molar-refractivity contribution in [2.45, 2.75) is 20.0 Å². The molecule has 2 N–H and O–H groups in total. The Kier molecular flexibility index (Phi) is 7.42. The van der Waals surface area contributed by atoms with Gasteiger partial charge in [0.05, 0.1) is 37.1 Å². The van der Waals surface area contributed by atoms with Gasteiger partial charge in [0, 0.05) is 11.6 Å². The molecular formula is C23H22ClF3N2O5. The molecule has 0 atom stereocenters. The van der Waals surface area contributed by atoms with Gasteiger partial charge in [0.1, 0.15) is 11.4 Å². The molecule has 2 aromatic carbocycles. The molecule has 0 aromatic heterocycles. The normalized spacial score (nSPS) is 14.0. The first-order chi connectivity index (χ1) is 16.0. The van der Waals surface area contributed by atoms with Crippen molar-refractivity contribution < 1.29 is 37.3 Å². The number of carbonyl (C=O) groups excluding carboxylic acids is 2. The molecule has 0 radical (unpaired) electrons. The van der Waals surface area contributed by atoms with Crippen LogP contribution in [-0.4, -0.2) is 48.7 Å². The number of rotatable bonds is 7. The van der Waals surface area contributed by atoms with Crippen molar-refractivity contribution in [1.29, 1.82) is 0 Å². The zero-order chi connectivity index (χ0) is 25.2. The van der Waals surface area contributed by atoms with Gasteiger partial charge in [-0.1, -0.05) is 11.6 Å². The Labute approximate surface area is 198 Å². The van der Waals surface area contributed by atoms with Gasteiger partial charge in [0.25, 0.3) is 5.91 Å². The SMILES string of the molecule is COC(=O)C1=C(Nc2cc(C(F)(F)F)ccc2Oc2cc(C)c(Cl)c(C)c2)C(=O)N(CCO)C1. The van der Waals surface area contributed by atoms with E-state index in [-0.39, 0.29) is 42.4 Å². The van der Waals surface area contributed by atoms with Crippen LogP contribution < -0.4 is 10.1 Å². The van der Waals surface area contributed by atoms with E-state index < -0.39 is 23.6 Å². The number of hydrogen-bond acceptors (Lipinski definition) is 6. The van der Waals surface area contributed by atoms with Crippen molar-refractivity contribution in [3.05, 3.63) is 63.3 Å². The molecule has 0 spiro atoms. The molecule has 2 aromatic rings. The van der Waals surface area contributed by atoms with Crippen LogP contribution in [0.15, 0.2) is 41.6 Å². The van der Waals surface area contributed by atoms with Gasteiger partial charge in [0.2, 0.25) is 0 Å². The minimum Gasteiger partial charge on any atom is -0.466 e. The summed E-state index contributed by atoms with van der Waals surface area (Å²) in [4.78, 5) is 26.2. The molecule has 11 heteroatoms. The van der Waals surface area contributed by atoms with Crippen molar-refractivity contribution in [3.8, 4) is 11.5 Å². The maximum absolute atomic E-state index is 13.4. The number of ether oxygens (including phenoxy) is 2. The number of carbonyl (C=O) groups is 2. The van der Waals surface area contributed by atoms with Gasteiger partial charge in [-0.05, 0) is 55.3 Å². The summed E-state index contributed by atoms with van der Waals surface area (Å²) in [6.07, 6.45) is -4.66. The number of aliphatic hydroxyl groups is 1. The molecule has 1 aliphatic heterocycles. The minimum atomic E-state index is -4.66. The van der Waals surface area contributed by atoms with E-state index in [1.165, 1.54) is 4.90 Å². The summed E-state index contributed by atoms with van der Waals surface area (Å²) in [5.41, 5.74) is -0.0893. The standard InChI is InChI=1S/C23H22ClF3N2O5/c1-12-8-15(9-13(2)19(12)24)34-18-5-4-14(23(25,26)27)10-17(18)28-20-16(22(32)33-3)11-29(6-7-30)21(20)31/h4-5,8-10,28,30H,6-7,11H2,1-3H3. The van der Waals surface area contributed by atoms with E-state index in [1.54, 1.807) is 26.0 Å². The molecule has 1 amide bonds. The number of β-amino-alcohol motifs (C(OH)–C–C–N with tert-alkyl or cyclic N) is 1. The number of methoxy groups -OCH3 is 1. The van der Waals surface area contributed by atoms with E-state index in [2.05, 4.69) is 5.32 Å². The van der Waals surface area contributed by atoms with Gasteiger partial charge in [-0.3, -0.25) is 4.79 Å². The van der Waals surface area contributed by atoms with Crippen LogP contribution in [0.5, 0.6) is 11.5 Å². The molecule has 0 bridgehead atoms. The number of anilines is 1. The third kappa shape index (κ3) is 5.28. The molecule has 0 saturated heterocycles. The zero-order valence-electron chi connectivity index (χ0n) is 18.5. The average molecular weight is 499 g/mol. The number of alkyl halides is 3. The van der Waals surface area contributed by atoms with E-state index in [1.807, 2.05) is 0 Å². The van der Waals surface area contributed by atoms with Crippen molar-refractivity contribution >= 4 is 29.2 Å². The van der Waals surface area contributed by atoms with Crippen molar-refractivity contribution in [1.82, 2.24) is 4.90 Å². The molecule has 7 nitrogen and oxygen atoms in total. The molecule has 1 heterocycles. The minimum absolute atomic E-state index is 0.0146. The zero-order valence-corrected chi connectivity index (χ0v) is 19.3. The first-order valence-electron chi connectivity index (χ1n) is 10.1. The van der Waals surface area contributed by atoms with Crippen LogP contribution in [-0.2, 0) is 20.5 Å². The van der Waals surface area contributed by atoms with Crippen molar-refractivity contribution in [2.75, 3.05) is 32.1 Å². The average Bonchev–Trinajstić information content (AvgIpc) is 3.07. The van der Waals surface area contributed by atoms with Crippen LogP contribution in [0, 0.1) is 13.8 Å². The highest BCUT2D eigenvalue weighted by molar-refractivity contribution is 6.32. The largest absolute Gasteiger partial charge is 0.466 e. The highest BCUT2D eigenvalue weighted by Crippen LogP contribution is 2.39. The number of aliphatic hydroxyl groups excluding tert-OH is 1. The number of nitrogens with one attached hydrogen (secondary N) is 1.